The molecule has 5 atom stereocenters. The number of nitrogens with two attached hydrogens (primary N) is 1. The van der Waals surface area contributed by atoms with Gasteiger partial charge in [0.2, 0.25) is 5.60 Å². The molecule has 202 valence electrons. The van der Waals surface area contributed by atoms with Crippen molar-refractivity contribution >= 4 is 17.9 Å². The molecule has 0 bridgehead atoms. The molecule has 1 amide bonds. The number of hydrogen-bond acceptors (Lipinski definition) is 9. The fraction of sp³-hybridized carbons (Fsp3) is 0.321. The first-order valence-corrected chi connectivity index (χ1v) is 12.5. The summed E-state index contributed by atoms with van der Waals surface area (Å²) in [6.07, 6.45) is 5.49. The van der Waals surface area contributed by atoms with Crippen molar-refractivity contribution < 1.29 is 34.8 Å². The highest BCUT2D eigenvalue weighted by molar-refractivity contribution is 6.14. The van der Waals surface area contributed by atoms with Crippen molar-refractivity contribution in [2.45, 2.75) is 30.1 Å². The van der Waals surface area contributed by atoms with E-state index in [-0.39, 0.29) is 41.2 Å². The molecule has 4 aliphatic rings. The molecule has 0 radical (unpaired) electrons. The first-order valence-electron chi connectivity index (χ1n) is 12.5. The van der Waals surface area contributed by atoms with Crippen LogP contribution in [0.3, 0.4) is 0 Å². The summed E-state index contributed by atoms with van der Waals surface area (Å²) in [5.41, 5.74) is 1.98. The fourth-order valence-electron chi connectivity index (χ4n) is 6.84. The molecule has 39 heavy (non-hydrogen) atoms. The molecule has 2 heterocycles. The molecule has 6 rings (SSSR count). The van der Waals surface area contributed by atoms with Gasteiger partial charge in [0.05, 0.1) is 17.8 Å². The Labute approximate surface area is 223 Å². The van der Waals surface area contributed by atoms with Crippen molar-refractivity contribution in [3.05, 3.63) is 88.4 Å². The van der Waals surface area contributed by atoms with Crippen LogP contribution in [0.5, 0.6) is 5.75 Å². The fourth-order valence-corrected chi connectivity index (χ4v) is 6.84. The van der Waals surface area contributed by atoms with Gasteiger partial charge in [0.15, 0.2) is 11.4 Å². The average molecular weight is 533 g/mol. The topological polar surface area (TPSA) is 174 Å². The lowest BCUT2D eigenvalue weighted by Gasteiger charge is -2.53. The number of allylic oxidation sites excluding steroid dienone is 1. The minimum Gasteiger partial charge on any atom is -0.510 e. The maximum atomic E-state index is 13.9. The van der Waals surface area contributed by atoms with Crippen molar-refractivity contribution in [3.63, 3.8) is 0 Å². The van der Waals surface area contributed by atoms with Gasteiger partial charge in [-0.15, -0.1) is 0 Å². The Morgan fingerprint density at radius 1 is 1.26 bits per heavy atom. The SMILES string of the molecule is C=C1O[C@]12C(C(N)=O)=C(O)[C@@H](N(C)C)[C@@H]1C[C@@H]3Cc4c(/C=N/n5cccc5)ccc(O)c4C(=O)C3=C(O)[C@@]12O. The summed E-state index contributed by atoms with van der Waals surface area (Å²) in [7, 11) is 3.32. The Morgan fingerprint density at radius 2 is 1.92 bits per heavy atom. The number of nitrogens with zero attached hydrogens (tertiary/aromatic N) is 3. The number of likely N-dealkylation sites (N-methyl/N-ethyl adjacent to an activating group) is 1. The first-order chi connectivity index (χ1) is 18.4. The lowest BCUT2D eigenvalue weighted by atomic mass is 9.55. The van der Waals surface area contributed by atoms with Gasteiger partial charge in [-0.05, 0) is 68.2 Å². The minimum absolute atomic E-state index is 0.00406. The van der Waals surface area contributed by atoms with Crippen LogP contribution in [0.25, 0.3) is 0 Å². The Balaban J connectivity index is 1.55. The van der Waals surface area contributed by atoms with Gasteiger partial charge in [0.25, 0.3) is 5.91 Å². The van der Waals surface area contributed by atoms with Crippen molar-refractivity contribution in [1.82, 2.24) is 9.58 Å². The van der Waals surface area contributed by atoms with Gasteiger partial charge in [-0.3, -0.25) is 14.5 Å². The van der Waals surface area contributed by atoms with E-state index in [4.69, 9.17) is 10.5 Å². The third-order valence-electron chi connectivity index (χ3n) is 8.50. The van der Waals surface area contributed by atoms with Gasteiger partial charge >= 0.3 is 0 Å². The number of ketones is 1. The number of hydrogen-bond donors (Lipinski definition) is 5. The van der Waals surface area contributed by atoms with Crippen molar-refractivity contribution in [2.75, 3.05) is 14.1 Å². The van der Waals surface area contributed by atoms with Crippen LogP contribution in [-0.4, -0.2) is 79.2 Å². The number of carbonyl (C=O) groups excluding carboxylic acids is 2. The van der Waals surface area contributed by atoms with Crippen LogP contribution in [0.1, 0.15) is 27.9 Å². The van der Waals surface area contributed by atoms with Gasteiger partial charge < -0.3 is 30.9 Å². The Bertz CT molecular complexity index is 1550. The Kier molecular flexibility index (Phi) is 5.17. The number of phenols is 1. The third-order valence-corrected chi connectivity index (χ3v) is 8.50. The van der Waals surface area contributed by atoms with Crippen LogP contribution < -0.4 is 5.73 Å². The molecule has 1 aromatic heterocycles. The molecule has 0 saturated carbocycles. The van der Waals surface area contributed by atoms with Crippen LogP contribution in [0.15, 0.2) is 76.8 Å². The molecule has 6 N–H and O–H groups in total. The smallest absolute Gasteiger partial charge is 0.252 e. The number of aromatic nitrogens is 1. The summed E-state index contributed by atoms with van der Waals surface area (Å²) in [5, 5.41) is 50.3. The normalized spacial score (nSPS) is 31.4. The standard InChI is InChI=1S/C28H28N4O7/c1-13-28(39-13)21(26(29)37)24(35)22(31(2)3)17-11-15-10-16-14(12-30-32-8-4-5-9-32)6-7-18(33)20(16)23(34)19(15)25(36)27(17,28)38/h4-9,12,15,17,22,33,35-36,38H,1,10-11H2,2-3H3,(H2,29,37)/b30-12+/t15-,17-,22-,27-,28-/m0/s1. The number of aliphatic hydroxyl groups excluding tert-OH is 2. The van der Waals surface area contributed by atoms with E-state index >= 15 is 0 Å². The van der Waals surface area contributed by atoms with E-state index in [1.165, 1.54) is 6.07 Å². The summed E-state index contributed by atoms with van der Waals surface area (Å²) < 4.78 is 7.20. The van der Waals surface area contributed by atoms with Crippen molar-refractivity contribution in [2.24, 2.45) is 22.7 Å². The number of aromatic hydroxyl groups is 1. The van der Waals surface area contributed by atoms with Crippen LogP contribution >= 0.6 is 0 Å². The van der Waals surface area contributed by atoms with Gasteiger partial charge in [0.1, 0.15) is 28.6 Å². The maximum Gasteiger partial charge on any atom is 0.252 e. The monoisotopic (exact) mass is 532 g/mol. The van der Waals surface area contributed by atoms with Crippen LogP contribution in [0.2, 0.25) is 0 Å². The number of rotatable bonds is 4. The largest absolute Gasteiger partial charge is 0.510 e. The number of amides is 1. The molecule has 1 saturated heterocycles. The van der Waals surface area contributed by atoms with E-state index in [1.807, 2.05) is 12.1 Å². The molecule has 11 heteroatoms. The zero-order valence-electron chi connectivity index (χ0n) is 21.3. The van der Waals surface area contributed by atoms with E-state index in [9.17, 15) is 30.0 Å². The second kappa shape index (κ2) is 8.08. The first kappa shape index (κ1) is 25.0. The number of benzene rings is 1. The minimum atomic E-state index is -2.32. The number of epoxide rings is 1. The van der Waals surface area contributed by atoms with E-state index in [0.717, 1.165) is 0 Å². The number of ether oxygens (including phenoxy) is 1. The highest BCUT2D eigenvalue weighted by atomic mass is 16.6. The second-order valence-electron chi connectivity index (χ2n) is 10.7. The average Bonchev–Trinajstić information content (AvgIpc) is 3.26. The van der Waals surface area contributed by atoms with Gasteiger partial charge in [0, 0.05) is 23.9 Å². The molecule has 1 fully saturated rings. The third kappa shape index (κ3) is 3.08. The van der Waals surface area contributed by atoms with Gasteiger partial charge in [-0.25, -0.2) is 4.68 Å². The molecular formula is C28H28N4O7. The molecule has 0 unspecified atom stereocenters. The number of fused-ring (bicyclic) bond motifs is 4. The highest BCUT2D eigenvalue weighted by Gasteiger charge is 2.80. The van der Waals surface area contributed by atoms with Crippen molar-refractivity contribution in [1.29, 1.82) is 0 Å². The molecule has 11 nitrogen and oxygen atoms in total. The summed E-state index contributed by atoms with van der Waals surface area (Å²) in [5.74, 6) is -4.58. The Morgan fingerprint density at radius 3 is 2.51 bits per heavy atom. The van der Waals surface area contributed by atoms with Gasteiger partial charge in [-0.2, -0.15) is 5.10 Å². The predicted octanol–water partition coefficient (Wildman–Crippen LogP) is 1.52. The van der Waals surface area contributed by atoms with E-state index < -0.39 is 52.1 Å². The molecule has 2 aromatic rings. The number of aliphatic hydroxyl groups is 3. The van der Waals surface area contributed by atoms with Crippen LogP contribution in [-0.2, 0) is 16.0 Å². The quantitative estimate of drug-likeness (QED) is 0.291. The van der Waals surface area contributed by atoms with Crippen LogP contribution in [0, 0.1) is 11.8 Å². The van der Waals surface area contributed by atoms with E-state index in [0.29, 0.717) is 11.1 Å². The highest BCUT2D eigenvalue weighted by Crippen LogP contribution is 2.66. The van der Waals surface area contributed by atoms with Crippen LogP contribution in [0.4, 0.5) is 0 Å². The zero-order valence-corrected chi connectivity index (χ0v) is 21.3. The molecule has 1 spiro atoms. The maximum absolute atomic E-state index is 13.9. The summed E-state index contributed by atoms with van der Waals surface area (Å²) in [6, 6.07) is 5.75. The number of carbonyl (C=O) groups is 2. The Hall–Kier alpha value is -4.35. The lowest BCUT2D eigenvalue weighted by molar-refractivity contribution is -0.130. The molecule has 1 aliphatic heterocycles. The van der Waals surface area contributed by atoms with E-state index in [1.54, 1.807) is 48.3 Å². The number of phenolic OH excluding ortho intramolecular Hbond substituents is 1. The summed E-state index contributed by atoms with van der Waals surface area (Å²) in [4.78, 5) is 28.1. The molecule has 1 aromatic carbocycles. The summed E-state index contributed by atoms with van der Waals surface area (Å²) in [6.45, 7) is 3.75. The predicted molar refractivity (Wildman–Crippen MR) is 139 cm³/mol. The lowest BCUT2D eigenvalue weighted by Crippen LogP contribution is -2.67. The summed E-state index contributed by atoms with van der Waals surface area (Å²) >= 11 is 0. The van der Waals surface area contributed by atoms with Gasteiger partial charge in [-0.1, -0.05) is 6.58 Å². The van der Waals surface area contributed by atoms with Crippen molar-refractivity contribution in [3.8, 4) is 5.75 Å². The molecule has 3 aliphatic carbocycles. The second-order valence-corrected chi connectivity index (χ2v) is 10.7. The molecular weight excluding hydrogens is 504 g/mol. The number of primary amides is 1. The number of Topliss-reactive ketones (excluding diaryl/α,β-unsaturated/α-hetero) is 1. The zero-order chi connectivity index (χ0) is 28.0. The van der Waals surface area contributed by atoms with E-state index in [2.05, 4.69) is 11.7 Å².